The molecule has 0 bridgehead atoms. The van der Waals surface area contributed by atoms with Gasteiger partial charge in [-0.15, -0.1) is 5.10 Å². The van der Waals surface area contributed by atoms with Crippen molar-refractivity contribution < 1.29 is 8.81 Å². The average Bonchev–Trinajstić information content (AvgIpc) is 2.99. The molecule has 1 N–H and O–H groups in total. The second-order valence-electron chi connectivity index (χ2n) is 6.12. The van der Waals surface area contributed by atoms with E-state index in [0.717, 1.165) is 4.68 Å². The van der Waals surface area contributed by atoms with Gasteiger partial charge in [-0.3, -0.25) is 9.78 Å². The third-order valence-electron chi connectivity index (χ3n) is 3.82. The normalized spacial score (nSPS) is 11.4. The summed E-state index contributed by atoms with van der Waals surface area (Å²) in [6.45, 7) is 2.42. The van der Waals surface area contributed by atoms with E-state index in [1.807, 2.05) is 4.98 Å². The summed E-state index contributed by atoms with van der Waals surface area (Å²) in [7, 11) is 0. The van der Waals surface area contributed by atoms with Crippen LogP contribution in [0.2, 0.25) is 10.0 Å². The zero-order chi connectivity index (χ0) is 20.6. The van der Waals surface area contributed by atoms with Crippen molar-refractivity contribution >= 4 is 23.2 Å². The molecule has 0 aliphatic carbocycles. The van der Waals surface area contributed by atoms with E-state index in [0.29, 0.717) is 5.56 Å². The first-order valence-electron chi connectivity index (χ1n) is 8.06. The highest BCUT2D eigenvalue weighted by Crippen LogP contribution is 2.29. The van der Waals surface area contributed by atoms with Gasteiger partial charge in [-0.25, -0.2) is 14.0 Å². The summed E-state index contributed by atoms with van der Waals surface area (Å²) in [6, 6.07) is 2.56. The van der Waals surface area contributed by atoms with Gasteiger partial charge in [-0.2, -0.15) is 14.5 Å². The van der Waals surface area contributed by atoms with E-state index in [-0.39, 0.29) is 34.1 Å². The molecule has 0 fully saturated rings. The van der Waals surface area contributed by atoms with Gasteiger partial charge >= 0.3 is 11.4 Å². The van der Waals surface area contributed by atoms with E-state index < -0.39 is 29.4 Å². The van der Waals surface area contributed by atoms with Crippen LogP contribution in [0.3, 0.4) is 0 Å². The summed E-state index contributed by atoms with van der Waals surface area (Å²) in [5.41, 5.74) is -1.70. The Morgan fingerprint density at radius 2 is 1.82 bits per heavy atom. The van der Waals surface area contributed by atoms with E-state index in [2.05, 4.69) is 10.2 Å². The number of nitrogens with zero attached hydrogens (tertiary/aromatic N) is 4. The number of nitrogens with one attached hydrogen (secondary N) is 1. The maximum Gasteiger partial charge on any atom is 0.437 e. The summed E-state index contributed by atoms with van der Waals surface area (Å²) in [5, 5.41) is 8.06. The molecule has 0 aliphatic heterocycles. The van der Waals surface area contributed by atoms with Crippen LogP contribution in [-0.4, -0.2) is 24.5 Å². The summed E-state index contributed by atoms with van der Waals surface area (Å²) < 4.78 is 19.9. The topological polar surface area (TPSA) is 116 Å². The lowest BCUT2D eigenvalue weighted by atomic mass is 10.1. The average molecular weight is 430 g/mol. The highest BCUT2D eigenvalue weighted by molar-refractivity contribution is 6.36. The van der Waals surface area contributed by atoms with Gasteiger partial charge in [0.1, 0.15) is 6.67 Å². The zero-order valence-corrected chi connectivity index (χ0v) is 16.2. The smallest absolute Gasteiger partial charge is 0.392 e. The van der Waals surface area contributed by atoms with Crippen LogP contribution in [0, 0.1) is 0 Å². The number of rotatable bonds is 5. The number of benzene rings is 1. The van der Waals surface area contributed by atoms with Gasteiger partial charge < -0.3 is 4.42 Å². The molecule has 3 aromatic rings. The summed E-state index contributed by atoms with van der Waals surface area (Å²) in [6.07, 6.45) is 0.0383. The molecule has 9 nitrogen and oxygen atoms in total. The Hall–Kier alpha value is -2.72. The van der Waals surface area contributed by atoms with Gasteiger partial charge in [0, 0.05) is 10.0 Å². The minimum absolute atomic E-state index is 0.0383. The number of aromatic nitrogens is 5. The Kier molecular flexibility index (Phi) is 5.52. The highest BCUT2D eigenvalue weighted by atomic mass is 35.5. The van der Waals surface area contributed by atoms with Crippen molar-refractivity contribution in [2.75, 3.05) is 0 Å². The first-order valence-corrected chi connectivity index (χ1v) is 8.82. The fraction of sp³-hybridized carbons (Fsp3) is 0.312. The molecule has 2 aromatic heterocycles. The molecule has 3 rings (SSSR count). The fourth-order valence-corrected chi connectivity index (χ4v) is 3.06. The summed E-state index contributed by atoms with van der Waals surface area (Å²) in [4.78, 5) is 37.2. The van der Waals surface area contributed by atoms with Crippen LogP contribution >= 0.6 is 23.2 Å². The predicted octanol–water partition coefficient (Wildman–Crippen LogP) is 2.02. The molecule has 0 saturated carbocycles. The van der Waals surface area contributed by atoms with E-state index >= 15 is 0 Å². The van der Waals surface area contributed by atoms with Crippen LogP contribution < -0.4 is 17.0 Å². The number of H-pyrrole nitrogens is 1. The number of alkyl halides is 1. The lowest BCUT2D eigenvalue weighted by Gasteiger charge is -2.10. The van der Waals surface area contributed by atoms with Gasteiger partial charge in [-0.05, 0) is 31.5 Å². The molecule has 0 atom stereocenters. The van der Waals surface area contributed by atoms with Crippen LogP contribution in [0.25, 0.3) is 5.69 Å². The molecule has 148 valence electrons. The fourth-order valence-electron chi connectivity index (χ4n) is 2.45. The van der Waals surface area contributed by atoms with Crippen molar-refractivity contribution in [1.29, 1.82) is 0 Å². The van der Waals surface area contributed by atoms with E-state index in [1.165, 1.54) is 16.8 Å². The van der Waals surface area contributed by atoms with Crippen molar-refractivity contribution in [3.05, 3.63) is 70.7 Å². The number of halogens is 3. The Labute approximate surface area is 166 Å². The first-order chi connectivity index (χ1) is 13.2. The molecule has 0 saturated heterocycles. The lowest BCUT2D eigenvalue weighted by molar-refractivity contribution is 0.434. The molecule has 0 radical (unpaired) electrons. The number of aromatic amines is 1. The maximum atomic E-state index is 12.9. The zero-order valence-electron chi connectivity index (χ0n) is 14.7. The minimum atomic E-state index is -1.15. The number of hydrogen-bond donors (Lipinski definition) is 1. The molecule has 28 heavy (non-hydrogen) atoms. The Balaban J connectivity index is 2.03. The molecular formula is C16H14Cl2FN5O4. The van der Waals surface area contributed by atoms with Gasteiger partial charge in [-0.1, -0.05) is 23.2 Å². The van der Waals surface area contributed by atoms with E-state index in [1.54, 1.807) is 13.8 Å². The molecule has 0 spiro atoms. The molecule has 12 heteroatoms. The van der Waals surface area contributed by atoms with Gasteiger partial charge in [0.05, 0.1) is 18.2 Å². The van der Waals surface area contributed by atoms with Crippen molar-refractivity contribution in [2.24, 2.45) is 0 Å². The molecule has 0 aliphatic rings. The SMILES string of the molecule is CC(C)n1nc(Cc2c(Cl)cc(-n3nc(CF)c(=O)[nH]c3=O)cc2Cl)oc1=O. The van der Waals surface area contributed by atoms with Crippen LogP contribution in [0.4, 0.5) is 4.39 Å². The maximum absolute atomic E-state index is 12.9. The van der Waals surface area contributed by atoms with Crippen LogP contribution in [0.15, 0.2) is 30.9 Å². The molecular weight excluding hydrogens is 416 g/mol. The Morgan fingerprint density at radius 3 is 2.36 bits per heavy atom. The van der Waals surface area contributed by atoms with E-state index in [9.17, 15) is 18.8 Å². The standard InChI is InChI=1S/C16H14Cl2FN5O4/c1-7(2)23-16(27)28-13(22-23)5-9-10(17)3-8(4-11(9)18)24-15(26)20-14(25)12(6-19)21-24/h3-4,7H,5-6H2,1-2H3,(H,20,25,26). The molecule has 0 unspecified atom stereocenters. The van der Waals surface area contributed by atoms with Crippen LogP contribution in [0.5, 0.6) is 0 Å². The van der Waals surface area contributed by atoms with Gasteiger partial charge in [0.15, 0.2) is 5.69 Å². The quantitative estimate of drug-likeness (QED) is 0.662. The summed E-state index contributed by atoms with van der Waals surface area (Å²) >= 11 is 12.5. The van der Waals surface area contributed by atoms with Crippen molar-refractivity contribution in [1.82, 2.24) is 24.5 Å². The van der Waals surface area contributed by atoms with Gasteiger partial charge in [0.25, 0.3) is 5.56 Å². The second-order valence-corrected chi connectivity index (χ2v) is 6.93. The van der Waals surface area contributed by atoms with Crippen LogP contribution in [0.1, 0.15) is 37.0 Å². The monoisotopic (exact) mass is 429 g/mol. The minimum Gasteiger partial charge on any atom is -0.392 e. The predicted molar refractivity (Wildman–Crippen MR) is 99.2 cm³/mol. The highest BCUT2D eigenvalue weighted by Gasteiger charge is 2.17. The third-order valence-corrected chi connectivity index (χ3v) is 4.50. The van der Waals surface area contributed by atoms with Gasteiger partial charge in [0.2, 0.25) is 5.89 Å². The van der Waals surface area contributed by atoms with Crippen molar-refractivity contribution in [3.8, 4) is 5.69 Å². The van der Waals surface area contributed by atoms with E-state index in [4.69, 9.17) is 27.6 Å². The Morgan fingerprint density at radius 1 is 1.18 bits per heavy atom. The lowest BCUT2D eigenvalue weighted by Crippen LogP contribution is -2.33. The second kappa shape index (κ2) is 7.72. The summed E-state index contributed by atoms with van der Waals surface area (Å²) in [5.74, 6) is -0.481. The third kappa shape index (κ3) is 3.78. The van der Waals surface area contributed by atoms with Crippen molar-refractivity contribution in [3.63, 3.8) is 0 Å². The van der Waals surface area contributed by atoms with Crippen molar-refractivity contribution in [2.45, 2.75) is 33.0 Å². The first kappa shape index (κ1) is 20.0. The van der Waals surface area contributed by atoms with Crippen LogP contribution in [-0.2, 0) is 13.1 Å². The number of hydrogen-bond acceptors (Lipinski definition) is 6. The molecule has 0 amide bonds. The largest absolute Gasteiger partial charge is 0.437 e. The molecule has 2 heterocycles. The molecule has 1 aromatic carbocycles. The Bertz CT molecular complexity index is 1190.